The van der Waals surface area contributed by atoms with Gasteiger partial charge in [0.05, 0.1) is 18.4 Å². The van der Waals surface area contributed by atoms with Crippen LogP contribution >= 0.6 is 0 Å². The van der Waals surface area contributed by atoms with Crippen molar-refractivity contribution < 1.29 is 31.9 Å². The van der Waals surface area contributed by atoms with Crippen molar-refractivity contribution in [1.82, 2.24) is 5.32 Å². The van der Waals surface area contributed by atoms with Crippen molar-refractivity contribution in [1.29, 1.82) is 0 Å². The molecule has 0 bridgehead atoms. The molecule has 2 rings (SSSR count). The van der Waals surface area contributed by atoms with Gasteiger partial charge in [0.15, 0.2) is 6.10 Å². The molecule has 0 aromatic heterocycles. The second kappa shape index (κ2) is 8.70. The topological polar surface area (TPSA) is 111 Å². The van der Waals surface area contributed by atoms with Gasteiger partial charge in [-0.3, -0.25) is 9.52 Å². The van der Waals surface area contributed by atoms with E-state index in [4.69, 9.17) is 9.47 Å². The minimum Gasteiger partial charge on any atom is -0.495 e. The zero-order valence-electron chi connectivity index (χ0n) is 15.4. The third-order valence-electron chi connectivity index (χ3n) is 3.71. The third-order valence-corrected chi connectivity index (χ3v) is 5.09. The minimum absolute atomic E-state index is 0.102. The Balaban J connectivity index is 2.33. The van der Waals surface area contributed by atoms with Crippen LogP contribution in [0.2, 0.25) is 0 Å². The molecule has 0 aliphatic carbocycles. The monoisotopic (exact) mass is 410 g/mol. The van der Waals surface area contributed by atoms with Gasteiger partial charge in [-0.2, -0.15) is 0 Å². The molecule has 0 radical (unpaired) electrons. The Morgan fingerprint density at radius 3 is 2.46 bits per heavy atom. The van der Waals surface area contributed by atoms with Gasteiger partial charge in [0.25, 0.3) is 15.9 Å². The normalized spacial score (nSPS) is 12.0. The highest BCUT2D eigenvalue weighted by atomic mass is 32.2. The maximum Gasteiger partial charge on any atom is 0.338 e. The number of halogens is 1. The summed E-state index contributed by atoms with van der Waals surface area (Å²) < 4.78 is 51.7. The van der Waals surface area contributed by atoms with Crippen molar-refractivity contribution in [3.8, 4) is 5.75 Å². The van der Waals surface area contributed by atoms with Gasteiger partial charge in [-0.05, 0) is 37.3 Å². The number of carbonyl (C=O) groups is 2. The minimum atomic E-state index is -4.37. The Morgan fingerprint density at radius 2 is 1.82 bits per heavy atom. The molecule has 150 valence electrons. The number of para-hydroxylation sites is 2. The number of amides is 1. The number of hydrogen-bond donors (Lipinski definition) is 2. The number of methoxy groups -OCH3 is 1. The summed E-state index contributed by atoms with van der Waals surface area (Å²) >= 11 is 0. The first-order chi connectivity index (χ1) is 13.2. The van der Waals surface area contributed by atoms with Crippen LogP contribution in [-0.4, -0.2) is 40.6 Å². The smallest absolute Gasteiger partial charge is 0.338 e. The van der Waals surface area contributed by atoms with Crippen molar-refractivity contribution in [2.75, 3.05) is 18.9 Å². The summed E-state index contributed by atoms with van der Waals surface area (Å²) in [5.41, 5.74) is -0.122. The molecule has 0 aliphatic heterocycles. The summed E-state index contributed by atoms with van der Waals surface area (Å²) in [5, 5.41) is 2.31. The molecule has 0 fully saturated rings. The molecule has 2 N–H and O–H groups in total. The first-order valence-corrected chi connectivity index (χ1v) is 9.56. The number of likely N-dealkylation sites (N-methyl/N-ethyl adjacent to an activating group) is 1. The molecule has 0 aliphatic rings. The lowest BCUT2D eigenvalue weighted by Crippen LogP contribution is -2.33. The largest absolute Gasteiger partial charge is 0.495 e. The summed E-state index contributed by atoms with van der Waals surface area (Å²) in [5.74, 6) is -2.33. The van der Waals surface area contributed by atoms with Gasteiger partial charge < -0.3 is 14.8 Å². The number of nitrogens with one attached hydrogen (secondary N) is 2. The molecular weight excluding hydrogens is 391 g/mol. The highest BCUT2D eigenvalue weighted by Crippen LogP contribution is 2.27. The van der Waals surface area contributed by atoms with Crippen LogP contribution in [0.15, 0.2) is 47.4 Å². The van der Waals surface area contributed by atoms with Gasteiger partial charge in [0.2, 0.25) is 0 Å². The second-order valence-electron chi connectivity index (χ2n) is 5.61. The zero-order chi connectivity index (χ0) is 20.9. The molecule has 1 amide bonds. The van der Waals surface area contributed by atoms with Gasteiger partial charge >= 0.3 is 5.97 Å². The van der Waals surface area contributed by atoms with E-state index >= 15 is 0 Å². The molecule has 28 heavy (non-hydrogen) atoms. The van der Waals surface area contributed by atoms with E-state index < -0.39 is 38.7 Å². The number of ether oxygens (including phenoxy) is 2. The fourth-order valence-electron chi connectivity index (χ4n) is 2.25. The summed E-state index contributed by atoms with van der Waals surface area (Å²) in [4.78, 5) is 22.9. The predicted molar refractivity (Wildman–Crippen MR) is 99.1 cm³/mol. The van der Waals surface area contributed by atoms with E-state index in [0.717, 1.165) is 18.2 Å². The van der Waals surface area contributed by atoms with Crippen LogP contribution in [-0.2, 0) is 19.6 Å². The SMILES string of the molecule is CNC(=O)[C@@H](C)OC(=O)c1ccc(F)c(S(=O)(=O)Nc2ccccc2OC)c1. The van der Waals surface area contributed by atoms with E-state index in [1.54, 1.807) is 12.1 Å². The summed E-state index contributed by atoms with van der Waals surface area (Å²) in [6.45, 7) is 1.35. The second-order valence-corrected chi connectivity index (χ2v) is 7.26. The van der Waals surface area contributed by atoms with E-state index in [1.165, 1.54) is 33.2 Å². The first-order valence-electron chi connectivity index (χ1n) is 8.07. The van der Waals surface area contributed by atoms with Crippen LogP contribution < -0.4 is 14.8 Å². The van der Waals surface area contributed by atoms with Gasteiger partial charge in [0.1, 0.15) is 16.5 Å². The van der Waals surface area contributed by atoms with Crippen LogP contribution in [0.1, 0.15) is 17.3 Å². The molecule has 2 aromatic carbocycles. The number of anilines is 1. The molecule has 2 aromatic rings. The molecule has 0 heterocycles. The number of hydrogen-bond acceptors (Lipinski definition) is 6. The fraction of sp³-hybridized carbons (Fsp3) is 0.222. The third kappa shape index (κ3) is 4.77. The predicted octanol–water partition coefficient (Wildman–Crippen LogP) is 1.93. The molecule has 0 saturated heterocycles. The molecule has 10 heteroatoms. The van der Waals surface area contributed by atoms with E-state index in [0.29, 0.717) is 0 Å². The van der Waals surface area contributed by atoms with Gasteiger partial charge in [-0.15, -0.1) is 0 Å². The Kier molecular flexibility index (Phi) is 6.57. The highest BCUT2D eigenvalue weighted by molar-refractivity contribution is 7.92. The summed E-state index contributed by atoms with van der Waals surface area (Å²) in [6.07, 6.45) is -1.10. The molecule has 1 atom stereocenters. The lowest BCUT2D eigenvalue weighted by Gasteiger charge is -2.14. The van der Waals surface area contributed by atoms with Crippen molar-refractivity contribution in [2.24, 2.45) is 0 Å². The van der Waals surface area contributed by atoms with Crippen LogP contribution in [0.5, 0.6) is 5.75 Å². The lowest BCUT2D eigenvalue weighted by atomic mass is 10.2. The fourth-order valence-corrected chi connectivity index (χ4v) is 3.43. The first kappa shape index (κ1) is 21.2. The Labute approximate surface area is 161 Å². The van der Waals surface area contributed by atoms with E-state index in [-0.39, 0.29) is 17.0 Å². The average molecular weight is 410 g/mol. The molecule has 0 spiro atoms. The van der Waals surface area contributed by atoms with Gasteiger partial charge in [0, 0.05) is 7.05 Å². The van der Waals surface area contributed by atoms with Crippen LogP contribution in [0.4, 0.5) is 10.1 Å². The quantitative estimate of drug-likeness (QED) is 0.675. The number of carbonyl (C=O) groups excluding carboxylic acids is 2. The average Bonchev–Trinajstić information content (AvgIpc) is 2.67. The Hall–Kier alpha value is -3.14. The van der Waals surface area contributed by atoms with Crippen LogP contribution in [0, 0.1) is 5.82 Å². The number of sulfonamides is 1. The Morgan fingerprint density at radius 1 is 1.14 bits per heavy atom. The van der Waals surface area contributed by atoms with E-state index in [1.807, 2.05) is 0 Å². The maximum atomic E-state index is 14.2. The maximum absolute atomic E-state index is 14.2. The van der Waals surface area contributed by atoms with Crippen molar-refractivity contribution in [3.05, 3.63) is 53.8 Å². The molecule has 0 saturated carbocycles. The van der Waals surface area contributed by atoms with Crippen molar-refractivity contribution in [2.45, 2.75) is 17.9 Å². The zero-order valence-corrected chi connectivity index (χ0v) is 16.2. The van der Waals surface area contributed by atoms with Crippen LogP contribution in [0.25, 0.3) is 0 Å². The lowest BCUT2D eigenvalue weighted by molar-refractivity contribution is -0.128. The van der Waals surface area contributed by atoms with Gasteiger partial charge in [-0.25, -0.2) is 17.6 Å². The van der Waals surface area contributed by atoms with Crippen molar-refractivity contribution >= 4 is 27.6 Å². The summed E-state index contributed by atoms with van der Waals surface area (Å²) in [7, 11) is -1.64. The Bertz CT molecular complexity index is 993. The highest BCUT2D eigenvalue weighted by Gasteiger charge is 2.24. The van der Waals surface area contributed by atoms with E-state index in [9.17, 15) is 22.4 Å². The van der Waals surface area contributed by atoms with E-state index in [2.05, 4.69) is 10.0 Å². The number of rotatable bonds is 7. The number of esters is 1. The van der Waals surface area contributed by atoms with Gasteiger partial charge in [-0.1, -0.05) is 12.1 Å². The number of benzene rings is 2. The molecule has 8 nitrogen and oxygen atoms in total. The molecule has 0 unspecified atom stereocenters. The van der Waals surface area contributed by atoms with Crippen molar-refractivity contribution in [3.63, 3.8) is 0 Å². The standard InChI is InChI=1S/C18H19FN2O6S/c1-11(17(22)20-2)27-18(23)12-8-9-13(19)16(10-12)28(24,25)21-14-6-4-5-7-15(14)26-3/h4-11,21H,1-3H3,(H,20,22)/t11-/m1/s1. The molecular formula is C18H19FN2O6S. The van der Waals surface area contributed by atoms with Crippen LogP contribution in [0.3, 0.4) is 0 Å². The summed E-state index contributed by atoms with van der Waals surface area (Å²) in [6, 6.07) is 8.92.